The SMILES string of the molecule is CC(C(=O)O)c1ccc2c(c1)C=CS2(=O)=O. The van der Waals surface area contributed by atoms with Gasteiger partial charge in [-0.2, -0.15) is 0 Å². The molecule has 0 amide bonds. The Labute approximate surface area is 93.1 Å². The molecule has 2 rings (SSSR count). The Kier molecular flexibility index (Phi) is 2.35. The highest BCUT2D eigenvalue weighted by atomic mass is 32.2. The van der Waals surface area contributed by atoms with Gasteiger partial charge in [0.2, 0.25) is 0 Å². The third kappa shape index (κ3) is 1.63. The number of sulfone groups is 1. The number of hydrogen-bond donors (Lipinski definition) is 1. The van der Waals surface area contributed by atoms with Crippen molar-refractivity contribution in [1.29, 1.82) is 0 Å². The van der Waals surface area contributed by atoms with E-state index in [4.69, 9.17) is 5.11 Å². The molecule has 0 saturated carbocycles. The molecule has 0 aliphatic carbocycles. The smallest absolute Gasteiger partial charge is 0.310 e. The van der Waals surface area contributed by atoms with E-state index in [1.54, 1.807) is 19.1 Å². The van der Waals surface area contributed by atoms with Crippen molar-refractivity contribution in [2.24, 2.45) is 0 Å². The van der Waals surface area contributed by atoms with Gasteiger partial charge >= 0.3 is 5.97 Å². The van der Waals surface area contributed by atoms with E-state index in [0.29, 0.717) is 11.1 Å². The summed E-state index contributed by atoms with van der Waals surface area (Å²) in [5, 5.41) is 9.98. The maximum atomic E-state index is 11.5. The van der Waals surface area contributed by atoms with Crippen LogP contribution in [0.5, 0.6) is 0 Å². The molecule has 0 bridgehead atoms. The maximum Gasteiger partial charge on any atom is 0.310 e. The van der Waals surface area contributed by atoms with Crippen LogP contribution in [0.25, 0.3) is 6.08 Å². The number of aliphatic carboxylic acids is 1. The third-order valence-corrected chi connectivity index (χ3v) is 4.12. The van der Waals surface area contributed by atoms with E-state index in [2.05, 4.69) is 0 Å². The number of rotatable bonds is 2. The molecular formula is C11H10O4S. The second-order valence-corrected chi connectivity index (χ2v) is 5.51. The number of carboxylic acid groups (broad SMARTS) is 1. The van der Waals surface area contributed by atoms with Gasteiger partial charge in [-0.3, -0.25) is 4.79 Å². The molecule has 0 aromatic heterocycles. The fourth-order valence-corrected chi connectivity index (χ4v) is 2.79. The second-order valence-electron chi connectivity index (χ2n) is 3.70. The molecule has 1 aromatic rings. The zero-order chi connectivity index (χ0) is 11.9. The van der Waals surface area contributed by atoms with Gasteiger partial charge in [-0.1, -0.05) is 6.07 Å². The molecule has 1 aromatic carbocycles. The molecule has 1 unspecified atom stereocenters. The Bertz CT molecular complexity index is 584. The molecule has 5 heteroatoms. The topological polar surface area (TPSA) is 71.4 Å². The van der Waals surface area contributed by atoms with Gasteiger partial charge in [0, 0.05) is 5.41 Å². The predicted molar refractivity (Wildman–Crippen MR) is 58.7 cm³/mol. The molecule has 84 valence electrons. The highest BCUT2D eigenvalue weighted by Crippen LogP contribution is 2.29. The van der Waals surface area contributed by atoms with Crippen molar-refractivity contribution < 1.29 is 18.3 Å². The minimum Gasteiger partial charge on any atom is -0.481 e. The quantitative estimate of drug-likeness (QED) is 0.850. The Morgan fingerprint density at radius 2 is 2.06 bits per heavy atom. The molecular weight excluding hydrogens is 228 g/mol. The van der Waals surface area contributed by atoms with Crippen molar-refractivity contribution in [3.63, 3.8) is 0 Å². The first-order valence-corrected chi connectivity index (χ1v) is 6.26. The first kappa shape index (κ1) is 10.9. The Morgan fingerprint density at radius 1 is 1.38 bits per heavy atom. The van der Waals surface area contributed by atoms with Gasteiger partial charge in [0.15, 0.2) is 9.84 Å². The molecule has 4 nitrogen and oxygen atoms in total. The lowest BCUT2D eigenvalue weighted by Gasteiger charge is -2.08. The molecule has 1 aliphatic heterocycles. The molecule has 1 atom stereocenters. The van der Waals surface area contributed by atoms with Crippen molar-refractivity contribution in [3.8, 4) is 0 Å². The lowest BCUT2D eigenvalue weighted by molar-refractivity contribution is -0.138. The van der Waals surface area contributed by atoms with Gasteiger partial charge in [-0.25, -0.2) is 8.42 Å². The summed E-state index contributed by atoms with van der Waals surface area (Å²) in [5.74, 6) is -1.56. The molecule has 0 fully saturated rings. The van der Waals surface area contributed by atoms with Gasteiger partial charge in [0.1, 0.15) is 0 Å². The van der Waals surface area contributed by atoms with Gasteiger partial charge in [0.25, 0.3) is 0 Å². The molecule has 1 heterocycles. The van der Waals surface area contributed by atoms with Crippen LogP contribution in [0.15, 0.2) is 28.5 Å². The molecule has 16 heavy (non-hydrogen) atoms. The van der Waals surface area contributed by atoms with Crippen LogP contribution in [0.1, 0.15) is 24.0 Å². The fraction of sp³-hybridized carbons (Fsp3) is 0.182. The number of benzene rings is 1. The monoisotopic (exact) mass is 238 g/mol. The van der Waals surface area contributed by atoms with Gasteiger partial charge in [0.05, 0.1) is 10.8 Å². The Balaban J connectivity index is 2.51. The highest BCUT2D eigenvalue weighted by Gasteiger charge is 2.22. The average molecular weight is 238 g/mol. The molecule has 0 radical (unpaired) electrons. The normalized spacial score (nSPS) is 18.1. The highest BCUT2D eigenvalue weighted by molar-refractivity contribution is 7.94. The molecule has 1 aliphatic rings. The maximum absolute atomic E-state index is 11.5. The summed E-state index contributed by atoms with van der Waals surface area (Å²) in [6.45, 7) is 1.57. The number of carbonyl (C=O) groups is 1. The summed E-state index contributed by atoms with van der Waals surface area (Å²) < 4.78 is 22.9. The zero-order valence-electron chi connectivity index (χ0n) is 8.54. The molecule has 1 N–H and O–H groups in total. The van der Waals surface area contributed by atoms with E-state index in [1.807, 2.05) is 0 Å². The van der Waals surface area contributed by atoms with Crippen molar-refractivity contribution >= 4 is 21.9 Å². The third-order valence-electron chi connectivity index (χ3n) is 2.64. The van der Waals surface area contributed by atoms with Crippen LogP contribution >= 0.6 is 0 Å². The lowest BCUT2D eigenvalue weighted by atomic mass is 9.99. The van der Waals surface area contributed by atoms with Crippen LogP contribution in [0.2, 0.25) is 0 Å². The summed E-state index contributed by atoms with van der Waals surface area (Å²) in [5.41, 5.74) is 1.17. The van der Waals surface area contributed by atoms with E-state index in [1.165, 1.54) is 12.1 Å². The van der Waals surface area contributed by atoms with Crippen LogP contribution in [0.3, 0.4) is 0 Å². The van der Waals surface area contributed by atoms with Crippen LogP contribution < -0.4 is 0 Å². The van der Waals surface area contributed by atoms with E-state index in [9.17, 15) is 13.2 Å². The van der Waals surface area contributed by atoms with E-state index in [0.717, 1.165) is 5.41 Å². The number of carboxylic acids is 1. The lowest BCUT2D eigenvalue weighted by Crippen LogP contribution is -2.07. The molecule has 0 saturated heterocycles. The summed E-state index contributed by atoms with van der Waals surface area (Å²) >= 11 is 0. The molecule has 0 spiro atoms. The number of hydrogen-bond acceptors (Lipinski definition) is 3. The van der Waals surface area contributed by atoms with Gasteiger partial charge in [-0.15, -0.1) is 0 Å². The van der Waals surface area contributed by atoms with Gasteiger partial charge in [-0.05, 0) is 36.3 Å². The number of fused-ring (bicyclic) bond motifs is 1. The van der Waals surface area contributed by atoms with Crippen LogP contribution in [-0.2, 0) is 14.6 Å². The second kappa shape index (κ2) is 3.45. The fourth-order valence-electron chi connectivity index (χ4n) is 1.60. The minimum atomic E-state index is -3.30. The largest absolute Gasteiger partial charge is 0.481 e. The average Bonchev–Trinajstić information content (AvgIpc) is 2.53. The van der Waals surface area contributed by atoms with Crippen molar-refractivity contribution in [1.82, 2.24) is 0 Å². The van der Waals surface area contributed by atoms with E-state index >= 15 is 0 Å². The van der Waals surface area contributed by atoms with Crippen LogP contribution in [0.4, 0.5) is 0 Å². The van der Waals surface area contributed by atoms with Gasteiger partial charge < -0.3 is 5.11 Å². The Morgan fingerprint density at radius 3 is 2.69 bits per heavy atom. The summed E-state index contributed by atoms with van der Waals surface area (Å²) in [4.78, 5) is 11.0. The minimum absolute atomic E-state index is 0.244. The Hall–Kier alpha value is -1.62. The predicted octanol–water partition coefficient (Wildman–Crippen LogP) is 1.63. The zero-order valence-corrected chi connectivity index (χ0v) is 9.36. The summed E-state index contributed by atoms with van der Waals surface area (Å²) in [6.07, 6.45) is 1.49. The standard InChI is InChI=1S/C11H10O4S/c1-7(11(12)13)8-2-3-10-9(6-8)4-5-16(10,14)15/h2-7H,1H3,(H,12,13). The first-order chi connectivity index (χ1) is 7.42. The first-order valence-electron chi connectivity index (χ1n) is 4.72. The van der Waals surface area contributed by atoms with E-state index in [-0.39, 0.29) is 4.90 Å². The van der Waals surface area contributed by atoms with Crippen molar-refractivity contribution in [2.45, 2.75) is 17.7 Å². The van der Waals surface area contributed by atoms with E-state index < -0.39 is 21.7 Å². The van der Waals surface area contributed by atoms with Crippen molar-refractivity contribution in [2.75, 3.05) is 0 Å². The van der Waals surface area contributed by atoms with Crippen LogP contribution in [0, 0.1) is 0 Å². The summed E-state index contributed by atoms with van der Waals surface area (Å²) in [7, 11) is -3.30. The summed E-state index contributed by atoms with van der Waals surface area (Å²) in [6, 6.07) is 4.61. The van der Waals surface area contributed by atoms with Crippen LogP contribution in [-0.4, -0.2) is 19.5 Å². The van der Waals surface area contributed by atoms with Crippen molar-refractivity contribution in [3.05, 3.63) is 34.7 Å².